The highest BCUT2D eigenvalue weighted by Crippen LogP contribution is 2.15. The van der Waals surface area contributed by atoms with Gasteiger partial charge < -0.3 is 46.1 Å². The van der Waals surface area contributed by atoms with E-state index in [4.69, 9.17) is 22.1 Å². The van der Waals surface area contributed by atoms with Crippen LogP contribution in [-0.2, 0) is 35.2 Å². The summed E-state index contributed by atoms with van der Waals surface area (Å²) in [4.78, 5) is 19.7. The molecular weight excluding hydrogens is 1360 g/mol. The maximum Gasteiger partial charge on any atom is 0.399 e. The van der Waals surface area contributed by atoms with Gasteiger partial charge in [0, 0.05) is 125 Å². The minimum Gasteiger partial charge on any atom is -0.455 e. The Balaban J connectivity index is 0.000000104. The Morgan fingerprint density at radius 3 is 1.11 bits per heavy atom. The number of fused-ring (bicyclic) bond motifs is 15. The summed E-state index contributed by atoms with van der Waals surface area (Å²) in [6, 6.07) is 54.3. The van der Waals surface area contributed by atoms with Gasteiger partial charge in [0.1, 0.15) is 79.1 Å². The zero-order chi connectivity index (χ0) is 76.3. The molecule has 0 aliphatic carbocycles. The van der Waals surface area contributed by atoms with Gasteiger partial charge in [-0.1, -0.05) is 78.6 Å². The predicted octanol–water partition coefficient (Wildman–Crippen LogP) is 1.13. The minimum absolute atomic E-state index is 0.152. The summed E-state index contributed by atoms with van der Waals surface area (Å²) in [5.74, 6) is 11.2. The molecule has 3 aromatic carbocycles. The van der Waals surface area contributed by atoms with Crippen LogP contribution in [0.4, 0.5) is 0 Å². The van der Waals surface area contributed by atoms with Crippen molar-refractivity contribution in [1.29, 1.82) is 0 Å². The highest BCUT2D eigenvalue weighted by Gasteiger charge is 2.36. The first kappa shape index (κ1) is 71.7. The first-order chi connectivity index (χ1) is 53.2. The van der Waals surface area contributed by atoms with Crippen LogP contribution >= 0.6 is 0 Å². The van der Waals surface area contributed by atoms with E-state index < -0.39 is 0 Å². The van der Waals surface area contributed by atoms with Gasteiger partial charge in [0.15, 0.2) is 59.0 Å². The molecule has 0 bridgehead atoms. The molecule has 12 aromatic heterocycles. The Morgan fingerprint density at radius 2 is 0.664 bits per heavy atom. The summed E-state index contributed by atoms with van der Waals surface area (Å²) >= 11 is 0. The standard InChI is InChI=1S/C19H20BN2O.2C18H18BN2O.C17H17BN3O.C16H15BN3O/c1-13-9-19(21(3)11-14(13)2)20-10-16-15-7-5-6-8-17(15)23-18(16)12-22(20)4;1-13-8-9-18(20(2)11-13)19-10-15-14-6-4-5-7-16(14)22-17(15)12-21(19)3;1-13-8-9-20(2)18(10-13)19-11-15-14-6-4-5-7-16(14)22-17(15)12-21(19)3;1-12-6-7-16(20(2)10-12)18-9-15-14(11-21(18)3)13-5-4-8-19-17(13)22-15;1-19-9-4-3-7-15(19)17-10-14-13(11-20(17)2)12-6-5-8-18-16(12)21-14/h5-12H,1-4H3;2*4-12H,1-3H3;4-11H,1-3H3;3-11H,1-2H3/q5*+1. The third-order valence-corrected chi connectivity index (χ3v) is 21.8. The van der Waals surface area contributed by atoms with Gasteiger partial charge in [0.05, 0.1) is 0 Å². The van der Waals surface area contributed by atoms with Crippen molar-refractivity contribution in [2.75, 3.05) is 35.2 Å². The number of nitrogens with zero attached hydrogens (tertiary/aromatic N) is 12. The van der Waals surface area contributed by atoms with E-state index in [1.165, 1.54) is 87.6 Å². The molecular formula is C88H88B5N12O5+5. The second kappa shape index (κ2) is 29.5. The van der Waals surface area contributed by atoms with Crippen molar-refractivity contribution < 1.29 is 44.9 Å². The highest BCUT2D eigenvalue weighted by molar-refractivity contribution is 6.84. The van der Waals surface area contributed by atoms with Gasteiger partial charge in [0.2, 0.25) is 11.4 Å². The van der Waals surface area contributed by atoms with Crippen molar-refractivity contribution >= 4 is 178 Å². The molecule has 5 aliphatic heterocycles. The molecule has 0 unspecified atom stereocenters. The number of furan rings is 5. The maximum absolute atomic E-state index is 5.98. The normalized spacial score (nSPS) is 13.8. The Morgan fingerprint density at radius 1 is 0.291 bits per heavy atom. The van der Waals surface area contributed by atoms with Crippen LogP contribution in [0.15, 0.2) is 223 Å². The van der Waals surface area contributed by atoms with Gasteiger partial charge >= 0.3 is 34.2 Å². The van der Waals surface area contributed by atoms with Crippen LogP contribution in [-0.4, -0.2) is 103 Å². The number of pyridine rings is 7. The molecule has 0 amide bonds. The third-order valence-electron chi connectivity index (χ3n) is 21.8. The number of para-hydroxylation sites is 3. The molecule has 17 nitrogen and oxygen atoms in total. The fraction of sp³-hybridized carbons (Fsp3) is 0.170. The number of rotatable bonds is 5. The summed E-state index contributed by atoms with van der Waals surface area (Å²) in [5.41, 5.74) is 21.5. The molecule has 540 valence electrons. The highest BCUT2D eigenvalue weighted by atomic mass is 16.3. The van der Waals surface area contributed by atoms with E-state index >= 15 is 0 Å². The Labute approximate surface area is 640 Å². The minimum atomic E-state index is 0.152. The van der Waals surface area contributed by atoms with Gasteiger partial charge in [-0.2, -0.15) is 0 Å². The summed E-state index contributed by atoms with van der Waals surface area (Å²) < 4.78 is 40.6. The SMILES string of the molecule is CN1C=c2c(oc3ncccc23)=CB1c1cccc[n+]1C.Cc1cc(B2C=c3c(oc4ccccc34)=CN2C)[n+](C)cc1C.Cc1cc[n+](C)c(B2C=c3c(oc4ccccc34)=CN2C)c1.Cc1ccc(B2C=c3c(oc4ccccc34)=CN2C)[n+](C)c1.Cc1ccc(B2C=c3oc4ncccc4c3=CN2C)[n+](C)c1. The fourth-order valence-electron chi connectivity index (χ4n) is 15.9. The maximum atomic E-state index is 5.98. The second-order valence-electron chi connectivity index (χ2n) is 29.8. The lowest BCUT2D eigenvalue weighted by molar-refractivity contribution is -0.654. The number of aromatic nitrogens is 7. The van der Waals surface area contributed by atoms with Crippen LogP contribution in [0.1, 0.15) is 27.8 Å². The molecule has 0 N–H and O–H groups in total. The molecule has 0 saturated carbocycles. The fourth-order valence-corrected chi connectivity index (χ4v) is 15.9. The molecule has 20 rings (SSSR count). The van der Waals surface area contributed by atoms with Crippen LogP contribution in [0.3, 0.4) is 0 Å². The van der Waals surface area contributed by atoms with Gasteiger partial charge in [-0.25, -0.2) is 32.8 Å². The van der Waals surface area contributed by atoms with Gasteiger partial charge in [-0.05, 0) is 178 Å². The Kier molecular flexibility index (Phi) is 19.2. The topological polar surface area (TPSA) is 127 Å². The summed E-state index contributed by atoms with van der Waals surface area (Å²) in [6.07, 6.45) is 24.8. The van der Waals surface area contributed by atoms with Crippen LogP contribution in [0, 0.1) is 34.6 Å². The van der Waals surface area contributed by atoms with E-state index in [0.29, 0.717) is 11.4 Å². The van der Waals surface area contributed by atoms with Crippen molar-refractivity contribution in [1.82, 2.24) is 34.0 Å². The molecule has 0 spiro atoms. The first-order valence-corrected chi connectivity index (χ1v) is 37.4. The number of aryl methyl sites for hydroxylation is 10. The van der Waals surface area contributed by atoms with Crippen LogP contribution in [0.25, 0.3) is 116 Å². The van der Waals surface area contributed by atoms with Gasteiger partial charge in [-0.15, -0.1) is 0 Å². The summed E-state index contributed by atoms with van der Waals surface area (Å²) in [7, 11) is 20.9. The Hall–Kier alpha value is -12.6. The van der Waals surface area contributed by atoms with Crippen molar-refractivity contribution in [3.05, 3.63) is 282 Å². The first-order valence-electron chi connectivity index (χ1n) is 37.4. The third kappa shape index (κ3) is 13.8. The predicted molar refractivity (Wildman–Crippen MR) is 445 cm³/mol. The number of hydrogen-bond acceptors (Lipinski definition) is 12. The molecule has 22 heteroatoms. The molecule has 15 aromatic rings. The van der Waals surface area contributed by atoms with Crippen LogP contribution in [0.5, 0.6) is 0 Å². The quantitative estimate of drug-likeness (QED) is 0.181. The molecule has 0 radical (unpaired) electrons. The molecule has 0 saturated heterocycles. The Bertz CT molecular complexity index is 6850. The zero-order valence-corrected chi connectivity index (χ0v) is 65.1. The lowest BCUT2D eigenvalue weighted by Gasteiger charge is -2.21. The molecule has 17 heterocycles. The monoisotopic (exact) mass is 1450 g/mol. The van der Waals surface area contributed by atoms with E-state index in [1.54, 1.807) is 12.4 Å². The smallest absolute Gasteiger partial charge is 0.399 e. The average Bonchev–Trinajstić information content (AvgIpc) is 1.60. The van der Waals surface area contributed by atoms with E-state index in [-0.39, 0.29) is 34.2 Å². The van der Waals surface area contributed by atoms with Crippen molar-refractivity contribution in [3.63, 3.8) is 0 Å². The largest absolute Gasteiger partial charge is 0.455 e. The van der Waals surface area contributed by atoms with Crippen LogP contribution in [0.2, 0.25) is 0 Å². The second-order valence-corrected chi connectivity index (χ2v) is 29.8. The van der Waals surface area contributed by atoms with Gasteiger partial charge in [-0.3, -0.25) is 0 Å². The van der Waals surface area contributed by atoms with Crippen molar-refractivity contribution in [2.45, 2.75) is 34.6 Å². The van der Waals surface area contributed by atoms with E-state index in [1.807, 2.05) is 60.7 Å². The molecule has 5 aliphatic rings. The summed E-state index contributed by atoms with van der Waals surface area (Å²) in [6.45, 7) is 11.6. The lowest BCUT2D eigenvalue weighted by atomic mass is 9.55. The van der Waals surface area contributed by atoms with Crippen molar-refractivity contribution in [3.8, 4) is 0 Å². The molecule has 0 atom stereocenters. The lowest BCUT2D eigenvalue weighted by Crippen LogP contribution is -2.61. The van der Waals surface area contributed by atoms with Gasteiger partial charge in [0.25, 0.3) is 0 Å². The average molecular weight is 1450 g/mol. The van der Waals surface area contributed by atoms with Crippen LogP contribution < -0.4 is 104 Å². The summed E-state index contributed by atoms with van der Waals surface area (Å²) in [5, 5.41) is 11.5. The van der Waals surface area contributed by atoms with E-state index in [0.717, 1.165) is 65.0 Å². The van der Waals surface area contributed by atoms with E-state index in [9.17, 15) is 0 Å². The number of benzene rings is 3. The van der Waals surface area contributed by atoms with E-state index in [2.05, 4.69) is 351 Å². The molecule has 110 heavy (non-hydrogen) atoms. The van der Waals surface area contributed by atoms with Crippen molar-refractivity contribution in [2.24, 2.45) is 35.2 Å². The zero-order valence-electron chi connectivity index (χ0n) is 65.1. The number of hydrogen-bond donors (Lipinski definition) is 0. The molecule has 0 fully saturated rings.